The lowest BCUT2D eigenvalue weighted by molar-refractivity contribution is -0.139. The highest BCUT2D eigenvalue weighted by Crippen LogP contribution is 2.39. The molecule has 3 rings (SSSR count). The number of aromatic nitrogens is 3. The predicted molar refractivity (Wildman–Crippen MR) is 119 cm³/mol. The van der Waals surface area contributed by atoms with E-state index < -0.39 is 29.4 Å². The molecule has 0 amide bonds. The van der Waals surface area contributed by atoms with Crippen molar-refractivity contribution in [2.24, 2.45) is 0 Å². The van der Waals surface area contributed by atoms with Gasteiger partial charge in [0.15, 0.2) is 5.69 Å². The standard InChI is InChI=1S/C23H19ClF4N4O3/c1-11-5-12(2)31-20(34-4)16(11)9-32-10-30-19(23(27,28)22(25)26)18(21(32)33)35-17-7-15(24)6-14(8-29)13(17)3/h5-7,10,22H,9H2,1-4H3. The number of methoxy groups -OCH3 is 1. The van der Waals surface area contributed by atoms with E-state index >= 15 is 0 Å². The molecule has 0 aliphatic heterocycles. The van der Waals surface area contributed by atoms with Crippen LogP contribution in [0.5, 0.6) is 17.4 Å². The van der Waals surface area contributed by atoms with Gasteiger partial charge in [0.05, 0.1) is 31.6 Å². The molecule has 0 N–H and O–H groups in total. The number of ether oxygens (including phenoxy) is 2. The van der Waals surface area contributed by atoms with Gasteiger partial charge in [-0.15, -0.1) is 0 Å². The fourth-order valence-electron chi connectivity index (χ4n) is 3.36. The van der Waals surface area contributed by atoms with Gasteiger partial charge in [-0.05, 0) is 44.5 Å². The highest BCUT2D eigenvalue weighted by molar-refractivity contribution is 6.30. The van der Waals surface area contributed by atoms with Crippen molar-refractivity contribution in [2.75, 3.05) is 7.11 Å². The number of nitriles is 1. The van der Waals surface area contributed by atoms with Gasteiger partial charge in [0.1, 0.15) is 5.75 Å². The molecule has 7 nitrogen and oxygen atoms in total. The summed E-state index contributed by atoms with van der Waals surface area (Å²) in [5.74, 6) is -5.95. The number of nitrogens with zero attached hydrogens (tertiary/aromatic N) is 4. The molecular weight excluding hydrogens is 492 g/mol. The maximum absolute atomic E-state index is 14.4. The van der Waals surface area contributed by atoms with Gasteiger partial charge in [0, 0.05) is 21.8 Å². The van der Waals surface area contributed by atoms with Gasteiger partial charge in [-0.1, -0.05) is 11.6 Å². The second kappa shape index (κ2) is 9.92. The molecule has 0 aliphatic carbocycles. The molecule has 0 unspecified atom stereocenters. The minimum absolute atomic E-state index is 0.0135. The topological polar surface area (TPSA) is 90.0 Å². The van der Waals surface area contributed by atoms with Gasteiger partial charge in [0.25, 0.3) is 5.56 Å². The Hall–Kier alpha value is -3.65. The van der Waals surface area contributed by atoms with E-state index in [0.29, 0.717) is 16.8 Å². The zero-order valence-electron chi connectivity index (χ0n) is 19.0. The summed E-state index contributed by atoms with van der Waals surface area (Å²) >= 11 is 5.97. The fraction of sp³-hybridized carbons (Fsp3) is 0.304. The smallest absolute Gasteiger partial charge is 0.352 e. The van der Waals surface area contributed by atoms with Crippen LogP contribution in [0, 0.1) is 32.1 Å². The second-order valence-electron chi connectivity index (χ2n) is 7.64. The molecule has 2 heterocycles. The highest BCUT2D eigenvalue weighted by Gasteiger charge is 2.48. The second-order valence-corrected chi connectivity index (χ2v) is 8.07. The first-order valence-electron chi connectivity index (χ1n) is 10.1. The Bertz CT molecular complexity index is 1390. The van der Waals surface area contributed by atoms with E-state index in [1.807, 2.05) is 6.07 Å². The van der Waals surface area contributed by atoms with Crippen LogP contribution >= 0.6 is 11.6 Å². The fourth-order valence-corrected chi connectivity index (χ4v) is 3.57. The lowest BCUT2D eigenvalue weighted by atomic mass is 10.1. The molecule has 35 heavy (non-hydrogen) atoms. The summed E-state index contributed by atoms with van der Waals surface area (Å²) in [5.41, 5.74) is -0.702. The van der Waals surface area contributed by atoms with Crippen LogP contribution in [0.1, 0.15) is 33.6 Å². The Morgan fingerprint density at radius 3 is 2.51 bits per heavy atom. The van der Waals surface area contributed by atoms with Crippen LogP contribution in [0.3, 0.4) is 0 Å². The molecule has 1 aromatic carbocycles. The molecule has 0 fully saturated rings. The van der Waals surface area contributed by atoms with Crippen molar-refractivity contribution in [3.63, 3.8) is 0 Å². The maximum Gasteiger partial charge on any atom is 0.352 e. The molecule has 3 aromatic rings. The minimum atomic E-state index is -4.79. The molecule has 0 atom stereocenters. The molecule has 0 bridgehead atoms. The average Bonchev–Trinajstić information content (AvgIpc) is 2.79. The summed E-state index contributed by atoms with van der Waals surface area (Å²) in [6, 6.07) is 6.06. The van der Waals surface area contributed by atoms with Crippen molar-refractivity contribution in [3.8, 4) is 23.4 Å². The monoisotopic (exact) mass is 510 g/mol. The van der Waals surface area contributed by atoms with Gasteiger partial charge in [0.2, 0.25) is 11.6 Å². The summed E-state index contributed by atoms with van der Waals surface area (Å²) in [7, 11) is 1.38. The van der Waals surface area contributed by atoms with Gasteiger partial charge >= 0.3 is 12.3 Å². The van der Waals surface area contributed by atoms with Crippen molar-refractivity contribution in [3.05, 3.63) is 73.5 Å². The van der Waals surface area contributed by atoms with Crippen molar-refractivity contribution in [1.29, 1.82) is 5.26 Å². The van der Waals surface area contributed by atoms with E-state index in [2.05, 4.69) is 9.97 Å². The number of rotatable bonds is 7. The van der Waals surface area contributed by atoms with Gasteiger partial charge < -0.3 is 9.47 Å². The third-order valence-electron chi connectivity index (χ3n) is 5.20. The zero-order chi connectivity index (χ0) is 26.1. The summed E-state index contributed by atoms with van der Waals surface area (Å²) in [6.45, 7) is 4.68. The van der Waals surface area contributed by atoms with Gasteiger partial charge in [-0.25, -0.2) is 18.7 Å². The Labute approximate surface area is 202 Å². The zero-order valence-corrected chi connectivity index (χ0v) is 19.8. The largest absolute Gasteiger partial charge is 0.481 e. The molecule has 0 aliphatic rings. The molecule has 0 spiro atoms. The van der Waals surface area contributed by atoms with E-state index in [4.69, 9.17) is 21.1 Å². The minimum Gasteiger partial charge on any atom is -0.481 e. The molecule has 0 radical (unpaired) electrons. The van der Waals surface area contributed by atoms with Crippen LogP contribution in [-0.2, 0) is 12.5 Å². The Kier molecular flexibility index (Phi) is 7.36. The number of pyridine rings is 1. The molecule has 12 heteroatoms. The Morgan fingerprint density at radius 1 is 1.23 bits per heavy atom. The lowest BCUT2D eigenvalue weighted by Crippen LogP contribution is -2.32. The molecular formula is C23H19ClF4N4O3. The van der Waals surface area contributed by atoms with Crippen LogP contribution in [0.2, 0.25) is 5.02 Å². The van der Waals surface area contributed by atoms with Crippen molar-refractivity contribution < 1.29 is 27.0 Å². The predicted octanol–water partition coefficient (Wildman–Crippen LogP) is 5.29. The molecule has 0 saturated heterocycles. The summed E-state index contributed by atoms with van der Waals surface area (Å²) in [4.78, 5) is 21.0. The average molecular weight is 511 g/mol. The molecule has 2 aromatic heterocycles. The van der Waals surface area contributed by atoms with Crippen LogP contribution in [0.4, 0.5) is 17.6 Å². The number of aryl methyl sites for hydroxylation is 2. The van der Waals surface area contributed by atoms with Crippen LogP contribution in [-0.4, -0.2) is 28.1 Å². The summed E-state index contributed by atoms with van der Waals surface area (Å²) in [6.07, 6.45) is -3.43. The summed E-state index contributed by atoms with van der Waals surface area (Å²) in [5, 5.41) is 9.28. The first-order valence-corrected chi connectivity index (χ1v) is 10.4. The SMILES string of the molecule is COc1nc(C)cc(C)c1Cn1cnc(C(F)(F)C(F)F)c(Oc2cc(Cl)cc(C#N)c2C)c1=O. The quantitative estimate of drug-likeness (QED) is 0.401. The highest BCUT2D eigenvalue weighted by atomic mass is 35.5. The Balaban J connectivity index is 2.23. The van der Waals surface area contributed by atoms with E-state index in [-0.39, 0.29) is 34.3 Å². The van der Waals surface area contributed by atoms with E-state index in [1.54, 1.807) is 19.9 Å². The molecule has 0 saturated carbocycles. The van der Waals surface area contributed by atoms with Crippen molar-refractivity contribution in [2.45, 2.75) is 39.7 Å². The number of hydrogen-bond acceptors (Lipinski definition) is 6. The van der Waals surface area contributed by atoms with Crippen LogP contribution in [0.15, 0.2) is 29.3 Å². The Morgan fingerprint density at radius 2 is 1.91 bits per heavy atom. The van der Waals surface area contributed by atoms with Gasteiger partial charge in [-0.3, -0.25) is 9.36 Å². The number of alkyl halides is 4. The van der Waals surface area contributed by atoms with Gasteiger partial charge in [-0.2, -0.15) is 14.0 Å². The lowest BCUT2D eigenvalue weighted by Gasteiger charge is -2.20. The third-order valence-corrected chi connectivity index (χ3v) is 5.42. The van der Waals surface area contributed by atoms with Crippen molar-refractivity contribution >= 4 is 11.6 Å². The van der Waals surface area contributed by atoms with Crippen molar-refractivity contribution in [1.82, 2.24) is 14.5 Å². The third kappa shape index (κ3) is 5.07. The van der Waals surface area contributed by atoms with E-state index in [0.717, 1.165) is 10.9 Å². The van der Waals surface area contributed by atoms with Crippen LogP contribution < -0.4 is 15.0 Å². The van der Waals surface area contributed by atoms with E-state index in [9.17, 15) is 27.6 Å². The normalized spacial score (nSPS) is 11.5. The van der Waals surface area contributed by atoms with Crippen LogP contribution in [0.25, 0.3) is 0 Å². The maximum atomic E-state index is 14.4. The first kappa shape index (κ1) is 26.0. The summed E-state index contributed by atoms with van der Waals surface area (Å²) < 4.78 is 66.8. The number of hydrogen-bond donors (Lipinski definition) is 0. The number of halogens is 5. The molecule has 184 valence electrons. The first-order chi connectivity index (χ1) is 16.4. The van der Waals surface area contributed by atoms with E-state index in [1.165, 1.54) is 26.2 Å². The number of benzene rings is 1.